The minimum atomic E-state index is -0.552. The summed E-state index contributed by atoms with van der Waals surface area (Å²) in [5.74, 6) is -0.627. The van der Waals surface area contributed by atoms with Crippen LogP contribution >= 0.6 is 11.3 Å². The predicted molar refractivity (Wildman–Crippen MR) is 96.9 cm³/mol. The van der Waals surface area contributed by atoms with Crippen LogP contribution in [0.5, 0.6) is 0 Å². The molecule has 0 spiro atoms. The lowest BCUT2D eigenvalue weighted by atomic mass is 10.2. The molecule has 0 radical (unpaired) electrons. The molecule has 138 valence electrons. The van der Waals surface area contributed by atoms with Gasteiger partial charge in [0.05, 0.1) is 31.0 Å². The number of thiazole rings is 1. The smallest absolute Gasteiger partial charge is 0.414 e. The molecule has 0 bridgehead atoms. The van der Waals surface area contributed by atoms with Crippen molar-refractivity contribution in [2.24, 2.45) is 0 Å². The summed E-state index contributed by atoms with van der Waals surface area (Å²) in [7, 11) is 1.78. The highest BCUT2D eigenvalue weighted by Crippen LogP contribution is 2.28. The number of benzene rings is 1. The number of carbonyl (C=O) groups is 2. The number of anilines is 2. The molecule has 2 amide bonds. The standard InChI is InChI=1S/C17H19FN4O3S/c1-11(23)20-8-13-9-22(17(24)25-13)12-3-4-15(14(18)7-12)21(2)10-16-19-5-6-26-16/h3-7,13H,8-10H2,1-2H3,(H,20,23)/t13-/m0/s1. The van der Waals surface area contributed by atoms with E-state index in [1.807, 2.05) is 5.38 Å². The zero-order chi connectivity index (χ0) is 18.7. The van der Waals surface area contributed by atoms with Gasteiger partial charge >= 0.3 is 6.09 Å². The largest absolute Gasteiger partial charge is 0.442 e. The minimum Gasteiger partial charge on any atom is -0.442 e. The highest BCUT2D eigenvalue weighted by atomic mass is 32.1. The molecule has 0 aliphatic carbocycles. The number of rotatable bonds is 6. The van der Waals surface area contributed by atoms with Gasteiger partial charge in [0.2, 0.25) is 5.91 Å². The maximum atomic E-state index is 14.6. The van der Waals surface area contributed by atoms with Crippen LogP contribution in [0.1, 0.15) is 11.9 Å². The quantitative estimate of drug-likeness (QED) is 0.835. The lowest BCUT2D eigenvalue weighted by molar-refractivity contribution is -0.119. The highest BCUT2D eigenvalue weighted by molar-refractivity contribution is 7.09. The molecular weight excluding hydrogens is 359 g/mol. The molecule has 1 aliphatic heterocycles. The second-order valence-electron chi connectivity index (χ2n) is 5.97. The fourth-order valence-electron chi connectivity index (χ4n) is 2.69. The molecule has 1 saturated heterocycles. The lowest BCUT2D eigenvalue weighted by Gasteiger charge is -2.20. The first kappa shape index (κ1) is 18.1. The van der Waals surface area contributed by atoms with Crippen LogP contribution in [0.4, 0.5) is 20.6 Å². The summed E-state index contributed by atoms with van der Waals surface area (Å²) in [6, 6.07) is 4.63. The Bertz CT molecular complexity index is 799. The van der Waals surface area contributed by atoms with E-state index >= 15 is 0 Å². The summed E-state index contributed by atoms with van der Waals surface area (Å²) < 4.78 is 19.8. The molecule has 2 aromatic rings. The van der Waals surface area contributed by atoms with Crippen molar-refractivity contribution < 1.29 is 18.7 Å². The monoisotopic (exact) mass is 378 g/mol. The third-order valence-corrected chi connectivity index (χ3v) is 4.73. The van der Waals surface area contributed by atoms with Gasteiger partial charge in [0.15, 0.2) is 0 Å². The normalized spacial score (nSPS) is 16.5. The molecule has 1 aromatic heterocycles. The summed E-state index contributed by atoms with van der Waals surface area (Å²) in [5.41, 5.74) is 0.843. The van der Waals surface area contributed by atoms with Crippen molar-refractivity contribution in [2.45, 2.75) is 19.6 Å². The third kappa shape index (κ3) is 4.10. The zero-order valence-electron chi connectivity index (χ0n) is 14.4. The van der Waals surface area contributed by atoms with Crippen LogP contribution in [-0.2, 0) is 16.1 Å². The Hall–Kier alpha value is -2.68. The summed E-state index contributed by atoms with van der Waals surface area (Å²) in [5, 5.41) is 5.37. The molecule has 9 heteroatoms. The fraction of sp³-hybridized carbons (Fsp3) is 0.353. The first-order valence-electron chi connectivity index (χ1n) is 8.05. The topological polar surface area (TPSA) is 74.8 Å². The van der Waals surface area contributed by atoms with E-state index < -0.39 is 18.0 Å². The van der Waals surface area contributed by atoms with E-state index in [4.69, 9.17) is 4.74 Å². The number of cyclic esters (lactones) is 1. The molecule has 0 unspecified atom stereocenters. The summed E-state index contributed by atoms with van der Waals surface area (Å²) >= 11 is 1.51. The van der Waals surface area contributed by atoms with Gasteiger partial charge in [0.1, 0.15) is 16.9 Å². The van der Waals surface area contributed by atoms with Gasteiger partial charge in [-0.3, -0.25) is 9.69 Å². The minimum absolute atomic E-state index is 0.196. The number of ether oxygens (including phenoxy) is 1. The van der Waals surface area contributed by atoms with Gasteiger partial charge in [-0.1, -0.05) is 0 Å². The highest BCUT2D eigenvalue weighted by Gasteiger charge is 2.32. The number of halogens is 1. The van der Waals surface area contributed by atoms with Crippen molar-refractivity contribution in [3.63, 3.8) is 0 Å². The van der Waals surface area contributed by atoms with Gasteiger partial charge in [0.25, 0.3) is 0 Å². The molecule has 0 saturated carbocycles. The van der Waals surface area contributed by atoms with Gasteiger partial charge < -0.3 is 15.0 Å². The van der Waals surface area contributed by atoms with Crippen molar-refractivity contribution in [2.75, 3.05) is 29.9 Å². The van der Waals surface area contributed by atoms with Crippen LogP contribution in [0.2, 0.25) is 0 Å². The van der Waals surface area contributed by atoms with Crippen LogP contribution in [0.25, 0.3) is 0 Å². The Morgan fingerprint density at radius 2 is 2.35 bits per heavy atom. The van der Waals surface area contributed by atoms with E-state index in [9.17, 15) is 14.0 Å². The van der Waals surface area contributed by atoms with Gasteiger partial charge in [-0.15, -0.1) is 11.3 Å². The summed E-state index contributed by atoms with van der Waals surface area (Å²) in [4.78, 5) is 30.3. The van der Waals surface area contributed by atoms with Crippen LogP contribution in [-0.4, -0.2) is 43.2 Å². The predicted octanol–water partition coefficient (Wildman–Crippen LogP) is 2.38. The summed E-state index contributed by atoms with van der Waals surface area (Å²) in [6.07, 6.45) is 0.703. The van der Waals surface area contributed by atoms with E-state index in [-0.39, 0.29) is 19.0 Å². The number of amides is 2. The second kappa shape index (κ2) is 7.69. The van der Waals surface area contributed by atoms with Crippen LogP contribution in [0.3, 0.4) is 0 Å². The van der Waals surface area contributed by atoms with E-state index in [0.29, 0.717) is 17.9 Å². The van der Waals surface area contributed by atoms with Crippen molar-refractivity contribution in [3.05, 3.63) is 40.6 Å². The number of nitrogens with zero attached hydrogens (tertiary/aromatic N) is 3. The second-order valence-corrected chi connectivity index (χ2v) is 6.95. The first-order chi connectivity index (χ1) is 12.4. The van der Waals surface area contributed by atoms with Crippen LogP contribution < -0.4 is 15.1 Å². The molecular formula is C17H19FN4O3S. The van der Waals surface area contributed by atoms with E-state index in [1.165, 1.54) is 29.2 Å². The average molecular weight is 378 g/mol. The van der Waals surface area contributed by atoms with Crippen molar-refractivity contribution in [1.82, 2.24) is 10.3 Å². The Balaban J connectivity index is 1.69. The average Bonchev–Trinajstić information content (AvgIpc) is 3.22. The Labute approximate surface area is 154 Å². The van der Waals surface area contributed by atoms with Crippen molar-refractivity contribution >= 4 is 34.7 Å². The number of carbonyl (C=O) groups excluding carboxylic acids is 2. The number of hydrogen-bond acceptors (Lipinski definition) is 6. The lowest BCUT2D eigenvalue weighted by Crippen LogP contribution is -2.33. The molecule has 26 heavy (non-hydrogen) atoms. The number of nitrogens with one attached hydrogen (secondary N) is 1. The molecule has 7 nitrogen and oxygen atoms in total. The molecule has 1 aliphatic rings. The first-order valence-corrected chi connectivity index (χ1v) is 8.93. The molecule has 1 fully saturated rings. The Morgan fingerprint density at radius 3 is 3.00 bits per heavy atom. The van der Waals surface area contributed by atoms with E-state index in [1.54, 1.807) is 30.3 Å². The van der Waals surface area contributed by atoms with E-state index in [2.05, 4.69) is 10.3 Å². The maximum Gasteiger partial charge on any atom is 0.414 e. The zero-order valence-corrected chi connectivity index (χ0v) is 15.3. The van der Waals surface area contributed by atoms with Crippen LogP contribution in [0.15, 0.2) is 29.8 Å². The van der Waals surface area contributed by atoms with Crippen LogP contribution in [0, 0.1) is 5.82 Å². The van der Waals surface area contributed by atoms with Crippen molar-refractivity contribution in [1.29, 1.82) is 0 Å². The van der Waals surface area contributed by atoms with Gasteiger partial charge in [-0.2, -0.15) is 0 Å². The van der Waals surface area contributed by atoms with Gasteiger partial charge in [-0.25, -0.2) is 14.2 Å². The SMILES string of the molecule is CC(=O)NC[C@H]1CN(c2ccc(N(C)Cc3nccs3)c(F)c2)C(=O)O1. The molecule has 1 atom stereocenters. The molecule has 1 N–H and O–H groups in total. The van der Waals surface area contributed by atoms with Gasteiger partial charge in [-0.05, 0) is 18.2 Å². The number of aromatic nitrogens is 1. The van der Waals surface area contributed by atoms with Gasteiger partial charge in [0, 0.05) is 25.5 Å². The number of hydrogen-bond donors (Lipinski definition) is 1. The third-order valence-electron chi connectivity index (χ3n) is 3.96. The molecule has 1 aromatic carbocycles. The molecule has 3 rings (SSSR count). The maximum absolute atomic E-state index is 14.6. The fourth-order valence-corrected chi connectivity index (χ4v) is 3.36. The Morgan fingerprint density at radius 1 is 1.54 bits per heavy atom. The molecule has 2 heterocycles. The summed E-state index contributed by atoms with van der Waals surface area (Å²) in [6.45, 7) is 2.38. The van der Waals surface area contributed by atoms with E-state index in [0.717, 1.165) is 5.01 Å². The van der Waals surface area contributed by atoms with Crippen molar-refractivity contribution in [3.8, 4) is 0 Å². The Kier molecular flexibility index (Phi) is 5.36.